The lowest BCUT2D eigenvalue weighted by atomic mass is 9.87. The molecule has 1 heterocycles. The fraction of sp³-hybridized carbons (Fsp3) is 1.00. The highest BCUT2D eigenvalue weighted by Crippen LogP contribution is 2.25. The van der Waals surface area contributed by atoms with E-state index < -0.39 is 0 Å². The molecule has 1 fully saturated rings. The Morgan fingerprint density at radius 1 is 1.54 bits per heavy atom. The molecule has 1 saturated heterocycles. The summed E-state index contributed by atoms with van der Waals surface area (Å²) in [4.78, 5) is 2.47. The molecule has 0 amide bonds. The van der Waals surface area contributed by atoms with Crippen molar-refractivity contribution in [3.8, 4) is 0 Å². The molecule has 0 bridgehead atoms. The molecule has 0 aromatic heterocycles. The van der Waals surface area contributed by atoms with Crippen molar-refractivity contribution in [2.24, 2.45) is 5.73 Å². The van der Waals surface area contributed by atoms with Crippen molar-refractivity contribution < 1.29 is 4.74 Å². The minimum absolute atomic E-state index is 0.246. The molecular formula is C10H22N2O. The van der Waals surface area contributed by atoms with E-state index in [0.717, 1.165) is 32.5 Å². The summed E-state index contributed by atoms with van der Waals surface area (Å²) < 4.78 is 5.09. The number of hydrogen-bond donors (Lipinski definition) is 1. The van der Waals surface area contributed by atoms with E-state index in [-0.39, 0.29) is 5.54 Å². The smallest absolute Gasteiger partial charge is 0.0589 e. The summed E-state index contributed by atoms with van der Waals surface area (Å²) in [6.45, 7) is 7.48. The van der Waals surface area contributed by atoms with Gasteiger partial charge in [0, 0.05) is 31.8 Å². The normalized spacial score (nSPS) is 29.1. The van der Waals surface area contributed by atoms with Gasteiger partial charge in [-0.05, 0) is 26.7 Å². The van der Waals surface area contributed by atoms with E-state index in [0.29, 0.717) is 6.04 Å². The lowest BCUT2D eigenvalue weighted by Crippen LogP contribution is -2.54. The SMILES string of the molecule is COCCN1CCC(N)CC1(C)C. The maximum atomic E-state index is 5.94. The third-order valence-corrected chi connectivity index (χ3v) is 2.95. The summed E-state index contributed by atoms with van der Waals surface area (Å²) >= 11 is 0. The number of nitrogens with zero attached hydrogens (tertiary/aromatic N) is 1. The molecule has 1 aliphatic heterocycles. The highest BCUT2D eigenvalue weighted by molar-refractivity contribution is 4.90. The second kappa shape index (κ2) is 4.40. The van der Waals surface area contributed by atoms with E-state index in [1.165, 1.54) is 0 Å². The summed E-state index contributed by atoms with van der Waals surface area (Å²) in [7, 11) is 1.75. The van der Waals surface area contributed by atoms with Crippen LogP contribution in [0.5, 0.6) is 0 Å². The molecule has 0 spiro atoms. The Hall–Kier alpha value is -0.120. The van der Waals surface area contributed by atoms with E-state index in [9.17, 15) is 0 Å². The predicted molar refractivity (Wildman–Crippen MR) is 54.7 cm³/mol. The first-order chi connectivity index (χ1) is 6.06. The van der Waals surface area contributed by atoms with Crippen LogP contribution in [-0.4, -0.2) is 43.3 Å². The molecule has 3 nitrogen and oxygen atoms in total. The van der Waals surface area contributed by atoms with Crippen LogP contribution in [0.3, 0.4) is 0 Å². The second-order valence-corrected chi connectivity index (χ2v) is 4.55. The first kappa shape index (κ1) is 11.0. The molecule has 1 aliphatic rings. The summed E-state index contributed by atoms with van der Waals surface area (Å²) in [6, 6.07) is 0.383. The van der Waals surface area contributed by atoms with Gasteiger partial charge in [0.1, 0.15) is 0 Å². The molecule has 0 saturated carbocycles. The van der Waals surface area contributed by atoms with Gasteiger partial charge in [0.15, 0.2) is 0 Å². The fourth-order valence-electron chi connectivity index (χ4n) is 2.11. The van der Waals surface area contributed by atoms with Crippen LogP contribution in [0.25, 0.3) is 0 Å². The molecule has 2 N–H and O–H groups in total. The summed E-state index contributed by atoms with van der Waals surface area (Å²) in [5, 5.41) is 0. The van der Waals surface area contributed by atoms with Crippen molar-refractivity contribution in [2.45, 2.75) is 38.3 Å². The lowest BCUT2D eigenvalue weighted by molar-refractivity contribution is 0.0405. The van der Waals surface area contributed by atoms with Gasteiger partial charge in [0.05, 0.1) is 6.61 Å². The second-order valence-electron chi connectivity index (χ2n) is 4.55. The molecule has 13 heavy (non-hydrogen) atoms. The van der Waals surface area contributed by atoms with Crippen LogP contribution in [-0.2, 0) is 4.74 Å². The van der Waals surface area contributed by atoms with Gasteiger partial charge in [-0.1, -0.05) is 0 Å². The lowest BCUT2D eigenvalue weighted by Gasteiger charge is -2.44. The molecule has 0 aromatic carbocycles. The predicted octanol–water partition coefficient (Wildman–Crippen LogP) is 0.834. The Labute approximate surface area is 81.2 Å². The molecule has 3 heteroatoms. The van der Waals surface area contributed by atoms with Crippen molar-refractivity contribution in [1.82, 2.24) is 4.90 Å². The molecular weight excluding hydrogens is 164 g/mol. The number of likely N-dealkylation sites (tertiary alicyclic amines) is 1. The first-order valence-corrected chi connectivity index (χ1v) is 5.06. The average Bonchev–Trinajstić information content (AvgIpc) is 2.01. The van der Waals surface area contributed by atoms with Gasteiger partial charge in [-0.25, -0.2) is 0 Å². The van der Waals surface area contributed by atoms with E-state index in [4.69, 9.17) is 10.5 Å². The largest absolute Gasteiger partial charge is 0.383 e. The van der Waals surface area contributed by atoms with Gasteiger partial charge in [0.25, 0.3) is 0 Å². The van der Waals surface area contributed by atoms with Crippen molar-refractivity contribution in [3.05, 3.63) is 0 Å². The quantitative estimate of drug-likeness (QED) is 0.709. The van der Waals surface area contributed by atoms with Crippen molar-refractivity contribution >= 4 is 0 Å². The van der Waals surface area contributed by atoms with Gasteiger partial charge in [0.2, 0.25) is 0 Å². The van der Waals surface area contributed by atoms with Crippen LogP contribution in [0, 0.1) is 0 Å². The Morgan fingerprint density at radius 2 is 2.23 bits per heavy atom. The third-order valence-electron chi connectivity index (χ3n) is 2.95. The highest BCUT2D eigenvalue weighted by Gasteiger charge is 2.32. The zero-order chi connectivity index (χ0) is 9.90. The summed E-state index contributed by atoms with van der Waals surface area (Å²) in [5.41, 5.74) is 6.19. The Bertz CT molecular complexity index is 157. The van der Waals surface area contributed by atoms with Crippen LogP contribution in [0.2, 0.25) is 0 Å². The van der Waals surface area contributed by atoms with E-state index >= 15 is 0 Å². The molecule has 1 atom stereocenters. The molecule has 1 rings (SSSR count). The monoisotopic (exact) mass is 186 g/mol. The van der Waals surface area contributed by atoms with E-state index in [1.54, 1.807) is 7.11 Å². The molecule has 78 valence electrons. The number of hydrogen-bond acceptors (Lipinski definition) is 3. The van der Waals surface area contributed by atoms with E-state index in [1.807, 2.05) is 0 Å². The zero-order valence-electron chi connectivity index (χ0n) is 9.05. The molecule has 0 radical (unpaired) electrons. The minimum Gasteiger partial charge on any atom is -0.383 e. The van der Waals surface area contributed by atoms with Gasteiger partial charge in [-0.2, -0.15) is 0 Å². The van der Waals surface area contributed by atoms with Crippen LogP contribution in [0.1, 0.15) is 26.7 Å². The third kappa shape index (κ3) is 2.93. The van der Waals surface area contributed by atoms with Crippen molar-refractivity contribution in [1.29, 1.82) is 0 Å². The highest BCUT2D eigenvalue weighted by atomic mass is 16.5. The molecule has 0 aromatic rings. The zero-order valence-corrected chi connectivity index (χ0v) is 9.05. The topological polar surface area (TPSA) is 38.5 Å². The number of nitrogens with two attached hydrogens (primary N) is 1. The summed E-state index contributed by atoms with van der Waals surface area (Å²) in [5.74, 6) is 0. The fourth-order valence-corrected chi connectivity index (χ4v) is 2.11. The van der Waals surface area contributed by atoms with Gasteiger partial charge in [-0.3, -0.25) is 4.90 Å². The number of ether oxygens (including phenoxy) is 1. The van der Waals surface area contributed by atoms with Crippen LogP contribution in [0.15, 0.2) is 0 Å². The number of piperidine rings is 1. The van der Waals surface area contributed by atoms with E-state index in [2.05, 4.69) is 18.7 Å². The Balaban J connectivity index is 2.44. The maximum Gasteiger partial charge on any atom is 0.0589 e. The van der Waals surface area contributed by atoms with Crippen LogP contribution in [0.4, 0.5) is 0 Å². The minimum atomic E-state index is 0.246. The molecule has 0 aliphatic carbocycles. The average molecular weight is 186 g/mol. The number of rotatable bonds is 3. The Kier molecular flexibility index (Phi) is 3.71. The van der Waals surface area contributed by atoms with Crippen molar-refractivity contribution in [3.63, 3.8) is 0 Å². The number of methoxy groups -OCH3 is 1. The van der Waals surface area contributed by atoms with Crippen molar-refractivity contribution in [2.75, 3.05) is 26.8 Å². The van der Waals surface area contributed by atoms with Crippen LogP contribution >= 0.6 is 0 Å². The molecule has 1 unspecified atom stereocenters. The summed E-state index contributed by atoms with van der Waals surface area (Å²) in [6.07, 6.45) is 2.21. The Morgan fingerprint density at radius 3 is 2.77 bits per heavy atom. The maximum absolute atomic E-state index is 5.94. The van der Waals surface area contributed by atoms with Gasteiger partial charge in [-0.15, -0.1) is 0 Å². The van der Waals surface area contributed by atoms with Crippen LogP contribution < -0.4 is 5.73 Å². The van der Waals surface area contributed by atoms with Gasteiger partial charge >= 0.3 is 0 Å². The standard InChI is InChI=1S/C10H22N2O/c1-10(2)8-9(11)4-5-12(10)6-7-13-3/h9H,4-8,11H2,1-3H3. The first-order valence-electron chi connectivity index (χ1n) is 5.06. The van der Waals surface area contributed by atoms with Gasteiger partial charge < -0.3 is 10.5 Å².